The monoisotopic (exact) mass is 554 g/mol. The summed E-state index contributed by atoms with van der Waals surface area (Å²) < 4.78 is 0. The normalized spacial score (nSPS) is 12.9. The Kier molecular flexibility index (Phi) is 21.2. The maximum Gasteiger partial charge on any atom is 4.00 e. The third kappa shape index (κ3) is 11.8. The molecule has 1 aliphatic carbocycles. The molecule has 0 fully saturated rings. The molecule has 170 valence electrons. The van der Waals surface area contributed by atoms with Crippen molar-refractivity contribution in [2.45, 2.75) is 72.6 Å². The molecule has 1 unspecified atom stereocenters. The van der Waals surface area contributed by atoms with Crippen molar-refractivity contribution in [2.24, 2.45) is 5.92 Å². The molecular weight excluding hydrogens is 517 g/mol. The van der Waals surface area contributed by atoms with Crippen molar-refractivity contribution in [3.8, 4) is 0 Å². The van der Waals surface area contributed by atoms with Gasteiger partial charge in [0.2, 0.25) is 0 Å². The van der Waals surface area contributed by atoms with Gasteiger partial charge in [0.1, 0.15) is 0 Å². The molecule has 0 heterocycles. The molecule has 0 N–H and O–H groups in total. The Balaban J connectivity index is 0. The second-order valence-corrected chi connectivity index (χ2v) is 10.5. The van der Waals surface area contributed by atoms with Gasteiger partial charge in [0, 0.05) is 0 Å². The zero-order chi connectivity index (χ0) is 20.2. The minimum Gasteiger partial charge on any atom is -1.00 e. The Hall–Kier alpha value is 0.203. The minimum absolute atomic E-state index is 0. The van der Waals surface area contributed by atoms with Crippen LogP contribution in [0.3, 0.4) is 0 Å². The molecule has 4 heteroatoms. The maximum atomic E-state index is 3.35. The largest absolute Gasteiger partial charge is 4.00 e. The van der Waals surface area contributed by atoms with Crippen molar-refractivity contribution in [1.82, 2.24) is 0 Å². The smallest absolute Gasteiger partial charge is 1.00 e. The second-order valence-electron chi connectivity index (χ2n) is 7.96. The summed E-state index contributed by atoms with van der Waals surface area (Å²) in [6, 6.07) is 13.6. The summed E-state index contributed by atoms with van der Waals surface area (Å²) in [5.41, 5.74) is 1.42. The number of hydrogen-bond donors (Lipinski definition) is 0. The Bertz CT molecular complexity index is 710. The zero-order valence-electron chi connectivity index (χ0n) is 19.8. The average Bonchev–Trinajstić information content (AvgIpc) is 3.38. The minimum atomic E-state index is 0. The van der Waals surface area contributed by atoms with Crippen molar-refractivity contribution in [3.63, 3.8) is 0 Å². The summed E-state index contributed by atoms with van der Waals surface area (Å²) >= 11 is 0. The van der Waals surface area contributed by atoms with Crippen molar-refractivity contribution in [1.29, 1.82) is 0 Å². The van der Waals surface area contributed by atoms with E-state index in [1.807, 2.05) is 0 Å². The van der Waals surface area contributed by atoms with Gasteiger partial charge in [-0.2, -0.15) is 12.1 Å². The standard InChI is InChI=1S/C17H24P.C10H15.2ClH.Zr/c1-3-5-11-18(12-6-4-2)17-13-15-9-7-8-10-16(15)14-17;1-3-6-9(2)10-7-4-5-8-10;;;/h7-10,13-14H,3-6,11-12H2,1-2H3;4,7,9H,3,5-6H2,1-2H3;2*1H;/q2*-1;;;+4/p-2. The number of rotatable bonds is 10. The number of allylic oxidation sites excluding steroid dienone is 4. The van der Waals surface area contributed by atoms with E-state index in [9.17, 15) is 0 Å². The first-order chi connectivity index (χ1) is 13.7. The fourth-order valence-electron chi connectivity index (χ4n) is 3.73. The van der Waals surface area contributed by atoms with Gasteiger partial charge < -0.3 is 24.8 Å². The van der Waals surface area contributed by atoms with E-state index in [1.54, 1.807) is 5.30 Å². The van der Waals surface area contributed by atoms with Crippen LogP contribution in [0.25, 0.3) is 10.8 Å². The molecule has 1 aliphatic rings. The van der Waals surface area contributed by atoms with Gasteiger partial charge in [-0.15, -0.1) is 46.8 Å². The number of benzene rings is 1. The van der Waals surface area contributed by atoms with Gasteiger partial charge in [0.05, 0.1) is 0 Å². The van der Waals surface area contributed by atoms with Crippen molar-refractivity contribution >= 4 is 24.0 Å². The predicted molar refractivity (Wildman–Crippen MR) is 130 cm³/mol. The summed E-state index contributed by atoms with van der Waals surface area (Å²) in [6.45, 7) is 9.11. The Labute approximate surface area is 224 Å². The number of hydrogen-bond acceptors (Lipinski definition) is 0. The molecular formula is C27H39Cl2PZr. The Morgan fingerprint density at radius 3 is 2.16 bits per heavy atom. The molecule has 0 aromatic heterocycles. The van der Waals surface area contributed by atoms with Crippen LogP contribution in [-0.4, -0.2) is 12.3 Å². The maximum absolute atomic E-state index is 3.35. The van der Waals surface area contributed by atoms with Crippen LogP contribution in [0.15, 0.2) is 54.1 Å². The topological polar surface area (TPSA) is 0 Å². The van der Waals surface area contributed by atoms with E-state index < -0.39 is 0 Å². The van der Waals surface area contributed by atoms with Crippen LogP contribution in [-0.2, 0) is 26.2 Å². The van der Waals surface area contributed by atoms with Gasteiger partial charge >= 0.3 is 26.2 Å². The third-order valence-electron chi connectivity index (χ3n) is 5.51. The predicted octanol–water partition coefficient (Wildman–Crippen LogP) is 2.38. The van der Waals surface area contributed by atoms with Crippen LogP contribution in [0, 0.1) is 12.0 Å². The molecule has 0 bridgehead atoms. The van der Waals surface area contributed by atoms with E-state index >= 15 is 0 Å². The van der Waals surface area contributed by atoms with Crippen LogP contribution in [0.1, 0.15) is 72.6 Å². The average molecular weight is 557 g/mol. The van der Waals surface area contributed by atoms with Crippen LogP contribution in [0.2, 0.25) is 0 Å². The first kappa shape index (κ1) is 33.4. The van der Waals surface area contributed by atoms with Crippen molar-refractivity contribution < 1.29 is 51.0 Å². The number of unbranched alkanes of at least 4 members (excludes halogenated alkanes) is 2. The Morgan fingerprint density at radius 2 is 1.65 bits per heavy atom. The van der Waals surface area contributed by atoms with Crippen molar-refractivity contribution in [3.05, 3.63) is 60.2 Å². The van der Waals surface area contributed by atoms with Gasteiger partial charge in [0.15, 0.2) is 0 Å². The van der Waals surface area contributed by atoms with E-state index in [-0.39, 0.29) is 58.9 Å². The van der Waals surface area contributed by atoms with Gasteiger partial charge in [-0.25, -0.2) is 11.6 Å². The van der Waals surface area contributed by atoms with Gasteiger partial charge in [-0.05, 0) is 31.6 Å². The van der Waals surface area contributed by atoms with E-state index in [2.05, 4.69) is 82.3 Å². The summed E-state index contributed by atoms with van der Waals surface area (Å²) in [5.74, 6) is 0.726. The molecule has 0 aliphatic heterocycles. The van der Waals surface area contributed by atoms with Crippen molar-refractivity contribution in [2.75, 3.05) is 12.3 Å². The van der Waals surface area contributed by atoms with E-state index in [4.69, 9.17) is 0 Å². The van der Waals surface area contributed by atoms with Gasteiger partial charge in [0.25, 0.3) is 0 Å². The summed E-state index contributed by atoms with van der Waals surface area (Å²) in [4.78, 5) is 0. The molecule has 2 aromatic carbocycles. The summed E-state index contributed by atoms with van der Waals surface area (Å²) in [7, 11) is 0.0856. The van der Waals surface area contributed by atoms with E-state index in [0.717, 1.165) is 12.3 Å². The fraction of sp³-hybridized carbons (Fsp3) is 0.519. The Morgan fingerprint density at radius 1 is 1.00 bits per heavy atom. The first-order valence-corrected chi connectivity index (χ1v) is 13.1. The fourth-order valence-corrected chi connectivity index (χ4v) is 6.51. The molecule has 0 radical (unpaired) electrons. The molecule has 0 spiro atoms. The zero-order valence-corrected chi connectivity index (χ0v) is 24.6. The molecule has 0 nitrogen and oxygen atoms in total. The quantitative estimate of drug-likeness (QED) is 0.312. The van der Waals surface area contributed by atoms with Crippen LogP contribution in [0.4, 0.5) is 0 Å². The van der Waals surface area contributed by atoms with Crippen LogP contribution in [0.5, 0.6) is 0 Å². The summed E-state index contributed by atoms with van der Waals surface area (Å²) in [6.07, 6.45) is 19.6. The molecule has 2 aromatic rings. The number of halogens is 2. The molecule has 3 rings (SSSR count). The first-order valence-electron chi connectivity index (χ1n) is 11.4. The SMILES string of the molecule is CCCC(C)C1=[C-]CC=C1.CCCCP(CCCC)c1cc2ccccc2[cH-]1.[Cl-].[Cl-].[Zr+4]. The van der Waals surface area contributed by atoms with E-state index in [1.165, 1.54) is 67.2 Å². The second kappa shape index (κ2) is 19.7. The molecule has 0 saturated heterocycles. The van der Waals surface area contributed by atoms with Crippen LogP contribution >= 0.6 is 7.92 Å². The molecule has 31 heavy (non-hydrogen) atoms. The number of fused-ring (bicyclic) bond motifs is 1. The van der Waals surface area contributed by atoms with E-state index in [0.29, 0.717) is 0 Å². The van der Waals surface area contributed by atoms with Crippen LogP contribution < -0.4 is 30.1 Å². The van der Waals surface area contributed by atoms with Gasteiger partial charge in [-0.1, -0.05) is 66.9 Å². The summed E-state index contributed by atoms with van der Waals surface area (Å²) in [5, 5.41) is 4.48. The molecule has 0 amide bonds. The third-order valence-corrected chi connectivity index (χ3v) is 8.21. The molecule has 0 saturated carbocycles. The molecule has 1 atom stereocenters. The van der Waals surface area contributed by atoms with Gasteiger partial charge in [-0.3, -0.25) is 6.08 Å².